The highest BCUT2D eigenvalue weighted by molar-refractivity contribution is 6.29. The minimum atomic E-state index is -0.845. The average molecular weight is 474 g/mol. The van der Waals surface area contributed by atoms with E-state index >= 15 is 4.39 Å². The van der Waals surface area contributed by atoms with E-state index in [1.807, 2.05) is 0 Å². The van der Waals surface area contributed by atoms with Crippen molar-refractivity contribution in [3.63, 3.8) is 0 Å². The van der Waals surface area contributed by atoms with E-state index in [0.29, 0.717) is 12.1 Å². The van der Waals surface area contributed by atoms with Crippen molar-refractivity contribution < 1.29 is 13.2 Å². The first-order valence-electron chi connectivity index (χ1n) is 10.1. The Kier molecular flexibility index (Phi) is 6.64. The third-order valence-corrected chi connectivity index (χ3v) is 5.86. The highest BCUT2D eigenvalue weighted by Gasteiger charge is 2.30. The summed E-state index contributed by atoms with van der Waals surface area (Å²) in [5.74, 6) is -3.67. The number of benzene rings is 1. The molecular weight excluding hydrogens is 455 g/mol. The molecule has 11 heteroatoms. The molecule has 3 heterocycles. The molecule has 0 amide bonds. The quantitative estimate of drug-likeness (QED) is 0.363. The predicted octanol–water partition coefficient (Wildman–Crippen LogP) is 4.67. The Morgan fingerprint density at radius 3 is 2.30 bits per heavy atom. The Hall–Kier alpha value is -3.40. The SMILES string of the molecule is CC(c1ncnc(Cl)c1F)c1ncnc(C(C)C(Cn2cncn2)c2cccc(F)c2)c1F. The smallest absolute Gasteiger partial charge is 0.182 e. The van der Waals surface area contributed by atoms with Crippen LogP contribution in [0.4, 0.5) is 13.2 Å². The van der Waals surface area contributed by atoms with Crippen molar-refractivity contribution >= 4 is 11.6 Å². The number of aromatic nitrogens is 7. The fourth-order valence-corrected chi connectivity index (χ4v) is 3.96. The van der Waals surface area contributed by atoms with Crippen LogP contribution in [-0.2, 0) is 6.54 Å². The Morgan fingerprint density at radius 1 is 0.909 bits per heavy atom. The van der Waals surface area contributed by atoms with Crippen LogP contribution < -0.4 is 0 Å². The van der Waals surface area contributed by atoms with Gasteiger partial charge in [0.25, 0.3) is 0 Å². The standard InChI is InChI=1S/C22H19ClF3N7/c1-12(16(7-33-11-27-8-32-33)14-4-3-5-15(24)6-14)19-17(25)20(29-9-28-19)13(2)21-18(26)22(23)31-10-30-21/h3-6,8-13,16H,7H2,1-2H3. The molecule has 1 aromatic carbocycles. The molecule has 3 unspecified atom stereocenters. The molecule has 0 radical (unpaired) electrons. The number of hydrogen-bond donors (Lipinski definition) is 0. The summed E-state index contributed by atoms with van der Waals surface area (Å²) in [6.45, 7) is 3.67. The summed E-state index contributed by atoms with van der Waals surface area (Å²) < 4.78 is 45.7. The minimum absolute atomic E-state index is 0.0285. The topological polar surface area (TPSA) is 82.3 Å². The van der Waals surface area contributed by atoms with E-state index in [1.165, 1.54) is 31.1 Å². The molecular formula is C22H19ClF3N7. The zero-order valence-corrected chi connectivity index (χ0v) is 18.5. The van der Waals surface area contributed by atoms with E-state index in [1.54, 1.807) is 30.7 Å². The van der Waals surface area contributed by atoms with Gasteiger partial charge in [-0.15, -0.1) is 0 Å². The molecule has 0 bridgehead atoms. The molecule has 0 spiro atoms. The molecule has 0 aliphatic rings. The third kappa shape index (κ3) is 4.70. The molecule has 0 saturated carbocycles. The van der Waals surface area contributed by atoms with Crippen LogP contribution in [0.25, 0.3) is 0 Å². The highest BCUT2D eigenvalue weighted by atomic mass is 35.5. The molecule has 0 aliphatic carbocycles. The van der Waals surface area contributed by atoms with Gasteiger partial charge in [-0.2, -0.15) is 5.10 Å². The lowest BCUT2D eigenvalue weighted by atomic mass is 9.84. The van der Waals surface area contributed by atoms with E-state index in [2.05, 4.69) is 30.0 Å². The Balaban J connectivity index is 1.74. The van der Waals surface area contributed by atoms with Crippen LogP contribution in [0.3, 0.4) is 0 Å². The van der Waals surface area contributed by atoms with Gasteiger partial charge in [-0.05, 0) is 17.7 Å². The van der Waals surface area contributed by atoms with Crippen molar-refractivity contribution in [2.45, 2.75) is 38.1 Å². The van der Waals surface area contributed by atoms with Crippen molar-refractivity contribution in [2.75, 3.05) is 0 Å². The Labute approximate surface area is 192 Å². The van der Waals surface area contributed by atoms with Gasteiger partial charge in [0.15, 0.2) is 16.8 Å². The maximum absolute atomic E-state index is 15.7. The lowest BCUT2D eigenvalue weighted by molar-refractivity contribution is 0.434. The second-order valence-corrected chi connectivity index (χ2v) is 7.97. The zero-order chi connectivity index (χ0) is 23.5. The van der Waals surface area contributed by atoms with E-state index < -0.39 is 29.3 Å². The molecule has 4 rings (SSSR count). The maximum Gasteiger partial charge on any atom is 0.182 e. The Bertz CT molecular complexity index is 1250. The van der Waals surface area contributed by atoms with Gasteiger partial charge >= 0.3 is 0 Å². The first-order chi connectivity index (χ1) is 15.9. The van der Waals surface area contributed by atoms with Gasteiger partial charge in [0.1, 0.15) is 31.1 Å². The molecule has 0 saturated heterocycles. The van der Waals surface area contributed by atoms with Gasteiger partial charge in [0.05, 0.1) is 23.6 Å². The lowest BCUT2D eigenvalue weighted by Crippen LogP contribution is -2.20. The Morgan fingerprint density at radius 2 is 1.61 bits per heavy atom. The second-order valence-electron chi connectivity index (χ2n) is 7.61. The molecule has 3 aromatic heterocycles. The monoisotopic (exact) mass is 473 g/mol. The van der Waals surface area contributed by atoms with Crippen molar-refractivity contribution in [2.24, 2.45) is 0 Å². The van der Waals surface area contributed by atoms with Gasteiger partial charge in [0, 0.05) is 17.8 Å². The van der Waals surface area contributed by atoms with Crippen LogP contribution >= 0.6 is 11.6 Å². The van der Waals surface area contributed by atoms with Crippen molar-refractivity contribution in [1.82, 2.24) is 34.7 Å². The third-order valence-electron chi connectivity index (χ3n) is 5.60. The van der Waals surface area contributed by atoms with Crippen LogP contribution in [0, 0.1) is 17.5 Å². The van der Waals surface area contributed by atoms with Crippen molar-refractivity contribution in [3.8, 4) is 0 Å². The maximum atomic E-state index is 15.7. The number of rotatable bonds is 7. The fraction of sp³-hybridized carbons (Fsp3) is 0.273. The fourth-order valence-electron chi connectivity index (χ4n) is 3.82. The van der Waals surface area contributed by atoms with Crippen LogP contribution in [-0.4, -0.2) is 34.7 Å². The van der Waals surface area contributed by atoms with E-state index in [4.69, 9.17) is 11.6 Å². The first kappa shape index (κ1) is 22.8. The average Bonchev–Trinajstić information content (AvgIpc) is 3.32. The van der Waals surface area contributed by atoms with Gasteiger partial charge in [0.2, 0.25) is 0 Å². The van der Waals surface area contributed by atoms with Gasteiger partial charge in [-0.1, -0.05) is 37.6 Å². The lowest BCUT2D eigenvalue weighted by Gasteiger charge is -2.25. The summed E-state index contributed by atoms with van der Waals surface area (Å²) in [5.41, 5.74) is 0.663. The molecule has 0 fully saturated rings. The van der Waals surface area contributed by atoms with Gasteiger partial charge < -0.3 is 0 Å². The van der Waals surface area contributed by atoms with E-state index in [-0.39, 0.29) is 28.2 Å². The van der Waals surface area contributed by atoms with Gasteiger partial charge in [-0.25, -0.2) is 38.1 Å². The number of nitrogens with zero attached hydrogens (tertiary/aromatic N) is 7. The first-order valence-corrected chi connectivity index (χ1v) is 10.5. The van der Waals surface area contributed by atoms with Crippen LogP contribution in [0.1, 0.15) is 54.2 Å². The molecule has 33 heavy (non-hydrogen) atoms. The molecule has 7 nitrogen and oxygen atoms in total. The van der Waals surface area contributed by atoms with Crippen LogP contribution in [0.15, 0.2) is 49.6 Å². The van der Waals surface area contributed by atoms with E-state index in [9.17, 15) is 8.78 Å². The minimum Gasteiger partial charge on any atom is -0.252 e. The zero-order valence-electron chi connectivity index (χ0n) is 17.7. The normalized spacial score (nSPS) is 14.1. The molecule has 3 atom stereocenters. The number of hydrogen-bond acceptors (Lipinski definition) is 6. The number of halogens is 4. The van der Waals surface area contributed by atoms with Gasteiger partial charge in [-0.3, -0.25) is 4.68 Å². The van der Waals surface area contributed by atoms with Crippen molar-refractivity contribution in [1.29, 1.82) is 0 Å². The predicted molar refractivity (Wildman–Crippen MR) is 114 cm³/mol. The summed E-state index contributed by atoms with van der Waals surface area (Å²) in [4.78, 5) is 19.7. The summed E-state index contributed by atoms with van der Waals surface area (Å²) >= 11 is 5.76. The molecule has 170 valence electrons. The summed E-state index contributed by atoms with van der Waals surface area (Å²) in [7, 11) is 0. The highest BCUT2D eigenvalue weighted by Crippen LogP contribution is 2.36. The van der Waals surface area contributed by atoms with Crippen LogP contribution in [0.5, 0.6) is 0 Å². The summed E-state index contributed by atoms with van der Waals surface area (Å²) in [5, 5.41) is 3.77. The second kappa shape index (κ2) is 9.62. The molecule has 4 aromatic rings. The molecule has 0 N–H and O–H groups in total. The summed E-state index contributed by atoms with van der Waals surface area (Å²) in [6.07, 6.45) is 5.25. The van der Waals surface area contributed by atoms with Crippen molar-refractivity contribution in [3.05, 3.63) is 94.8 Å². The molecule has 0 aliphatic heterocycles. The summed E-state index contributed by atoms with van der Waals surface area (Å²) in [6, 6.07) is 6.10. The largest absolute Gasteiger partial charge is 0.252 e. The van der Waals surface area contributed by atoms with Crippen LogP contribution in [0.2, 0.25) is 5.15 Å². The van der Waals surface area contributed by atoms with E-state index in [0.717, 1.165) is 6.33 Å².